The zero-order valence-electron chi connectivity index (χ0n) is 19.0. The van der Waals surface area contributed by atoms with Crippen molar-refractivity contribution >= 4 is 52.8 Å². The molecule has 0 spiro atoms. The SMILES string of the molecule is COC(=O)c1cc(Cl)c(Cl)cc1C1=C2C=CC(N(C)C)C=C2Oc2cc(N(C)C)ccc21.Cl. The zero-order chi connectivity index (χ0) is 23.2. The molecule has 0 saturated heterocycles. The highest BCUT2D eigenvalue weighted by Crippen LogP contribution is 2.46. The Labute approximate surface area is 210 Å². The molecule has 0 fully saturated rings. The van der Waals surface area contributed by atoms with Crippen molar-refractivity contribution in [3.8, 4) is 5.75 Å². The van der Waals surface area contributed by atoms with Crippen LogP contribution in [-0.2, 0) is 4.74 Å². The molecule has 1 aliphatic heterocycles. The second-order valence-electron chi connectivity index (χ2n) is 8.11. The molecule has 2 aromatic carbocycles. The Hall–Kier alpha value is -2.44. The van der Waals surface area contributed by atoms with Crippen LogP contribution in [0.4, 0.5) is 5.69 Å². The molecular weight excluding hydrogens is 483 g/mol. The number of benzene rings is 2. The third-order valence-electron chi connectivity index (χ3n) is 5.62. The summed E-state index contributed by atoms with van der Waals surface area (Å²) >= 11 is 12.7. The van der Waals surface area contributed by atoms with Gasteiger partial charge in [0.1, 0.15) is 11.5 Å². The predicted octanol–water partition coefficient (Wildman–Crippen LogP) is 5.85. The fourth-order valence-corrected chi connectivity index (χ4v) is 4.19. The Bertz CT molecular complexity index is 1200. The number of anilines is 1. The third kappa shape index (κ3) is 4.64. The summed E-state index contributed by atoms with van der Waals surface area (Å²) in [4.78, 5) is 16.8. The maximum absolute atomic E-state index is 12.7. The summed E-state index contributed by atoms with van der Waals surface area (Å²) in [6, 6.07) is 9.37. The summed E-state index contributed by atoms with van der Waals surface area (Å²) in [5.74, 6) is 0.948. The fourth-order valence-electron chi connectivity index (χ4n) is 3.86. The van der Waals surface area contributed by atoms with E-state index in [4.69, 9.17) is 32.7 Å². The molecular formula is C25H25Cl3N2O3. The van der Waals surface area contributed by atoms with Gasteiger partial charge < -0.3 is 14.4 Å². The molecule has 0 saturated carbocycles. The molecule has 1 heterocycles. The molecule has 5 nitrogen and oxygen atoms in total. The summed E-state index contributed by atoms with van der Waals surface area (Å²) in [6.45, 7) is 0. The minimum Gasteiger partial charge on any atom is -0.465 e. The van der Waals surface area contributed by atoms with E-state index in [1.54, 1.807) is 12.1 Å². The topological polar surface area (TPSA) is 42.0 Å². The van der Waals surface area contributed by atoms with Crippen molar-refractivity contribution in [3.05, 3.63) is 86.6 Å². The molecule has 2 aromatic rings. The number of rotatable bonds is 4. The van der Waals surface area contributed by atoms with Gasteiger partial charge in [0.05, 0.1) is 22.7 Å². The van der Waals surface area contributed by atoms with E-state index in [-0.39, 0.29) is 18.4 Å². The van der Waals surface area contributed by atoms with Gasteiger partial charge in [-0.05, 0) is 50.0 Å². The highest BCUT2D eigenvalue weighted by atomic mass is 35.5. The Morgan fingerprint density at radius 3 is 2.36 bits per heavy atom. The number of ether oxygens (including phenoxy) is 2. The lowest BCUT2D eigenvalue weighted by molar-refractivity contribution is 0.0600. The van der Waals surface area contributed by atoms with Crippen molar-refractivity contribution in [1.82, 2.24) is 4.90 Å². The molecule has 2 aliphatic rings. The number of carbonyl (C=O) groups is 1. The largest absolute Gasteiger partial charge is 0.465 e. The first kappa shape index (κ1) is 25.2. The first-order valence-electron chi connectivity index (χ1n) is 10.1. The van der Waals surface area contributed by atoms with Gasteiger partial charge in [0.2, 0.25) is 0 Å². The number of hydrogen-bond acceptors (Lipinski definition) is 5. The summed E-state index contributed by atoms with van der Waals surface area (Å²) in [5, 5.41) is 0.649. The Balaban J connectivity index is 0.00000306. The maximum Gasteiger partial charge on any atom is 0.338 e. The van der Waals surface area contributed by atoms with Crippen LogP contribution in [0.1, 0.15) is 21.5 Å². The molecule has 174 valence electrons. The van der Waals surface area contributed by atoms with Crippen molar-refractivity contribution in [2.75, 3.05) is 40.2 Å². The molecule has 8 heteroatoms. The third-order valence-corrected chi connectivity index (χ3v) is 6.34. The standard InChI is InChI=1S/C25H24Cl2N2O3.ClH/c1-28(2)14-6-8-16-22(10-14)32-23-11-15(29(3)4)7-9-17(23)24(16)18-12-20(26)21(27)13-19(18)25(30)31-5;/h6-14H,1-5H3;1H. The van der Waals surface area contributed by atoms with Crippen LogP contribution >= 0.6 is 35.6 Å². The highest BCUT2D eigenvalue weighted by Gasteiger charge is 2.31. The lowest BCUT2D eigenvalue weighted by atomic mass is 9.85. The van der Waals surface area contributed by atoms with Crippen molar-refractivity contribution in [2.45, 2.75) is 6.04 Å². The van der Waals surface area contributed by atoms with E-state index < -0.39 is 5.97 Å². The summed E-state index contributed by atoms with van der Waals surface area (Å²) in [6.07, 6.45) is 6.19. The van der Waals surface area contributed by atoms with Crippen molar-refractivity contribution in [1.29, 1.82) is 0 Å². The molecule has 0 radical (unpaired) electrons. The lowest BCUT2D eigenvalue weighted by Gasteiger charge is -2.31. The van der Waals surface area contributed by atoms with Gasteiger partial charge >= 0.3 is 5.97 Å². The van der Waals surface area contributed by atoms with Gasteiger partial charge in [0.15, 0.2) is 0 Å². The molecule has 1 unspecified atom stereocenters. The number of esters is 1. The van der Waals surface area contributed by atoms with E-state index in [0.29, 0.717) is 26.9 Å². The molecule has 0 aromatic heterocycles. The fraction of sp³-hybridized carbons (Fsp3) is 0.240. The van der Waals surface area contributed by atoms with Gasteiger partial charge in [-0.15, -0.1) is 12.4 Å². The molecule has 1 atom stereocenters. The number of methoxy groups -OCH3 is 1. The number of halogens is 3. The quantitative estimate of drug-likeness (QED) is 0.486. The molecule has 0 N–H and O–H groups in total. The van der Waals surface area contributed by atoms with E-state index in [2.05, 4.69) is 17.1 Å². The second-order valence-corrected chi connectivity index (χ2v) is 8.93. The molecule has 33 heavy (non-hydrogen) atoms. The predicted molar refractivity (Wildman–Crippen MR) is 137 cm³/mol. The van der Waals surface area contributed by atoms with Crippen LogP contribution in [0.2, 0.25) is 10.0 Å². The van der Waals surface area contributed by atoms with Gasteiger partial charge in [0, 0.05) is 48.6 Å². The van der Waals surface area contributed by atoms with E-state index in [0.717, 1.165) is 28.2 Å². The van der Waals surface area contributed by atoms with Crippen LogP contribution in [0.3, 0.4) is 0 Å². The highest BCUT2D eigenvalue weighted by molar-refractivity contribution is 6.42. The summed E-state index contributed by atoms with van der Waals surface area (Å²) < 4.78 is 11.4. The number of nitrogens with zero attached hydrogens (tertiary/aromatic N) is 2. The first-order valence-corrected chi connectivity index (χ1v) is 10.8. The molecule has 1 aliphatic carbocycles. The molecule has 0 amide bonds. The van der Waals surface area contributed by atoms with Gasteiger partial charge in [-0.1, -0.05) is 35.4 Å². The number of hydrogen-bond donors (Lipinski definition) is 0. The van der Waals surface area contributed by atoms with Gasteiger partial charge in [-0.2, -0.15) is 0 Å². The van der Waals surface area contributed by atoms with Crippen LogP contribution < -0.4 is 9.64 Å². The van der Waals surface area contributed by atoms with E-state index in [1.807, 2.05) is 57.4 Å². The Morgan fingerprint density at radius 2 is 1.73 bits per heavy atom. The number of allylic oxidation sites excluding steroid dienone is 1. The van der Waals surface area contributed by atoms with Crippen molar-refractivity contribution < 1.29 is 14.3 Å². The number of fused-ring (bicyclic) bond motifs is 2. The van der Waals surface area contributed by atoms with Gasteiger partial charge in [-0.3, -0.25) is 4.90 Å². The van der Waals surface area contributed by atoms with Crippen LogP contribution in [0.25, 0.3) is 5.57 Å². The molecule has 0 bridgehead atoms. The van der Waals surface area contributed by atoms with Crippen molar-refractivity contribution in [3.63, 3.8) is 0 Å². The summed E-state index contributed by atoms with van der Waals surface area (Å²) in [5.41, 5.74) is 4.56. The van der Waals surface area contributed by atoms with E-state index in [9.17, 15) is 4.79 Å². The normalized spacial score (nSPS) is 16.4. The van der Waals surface area contributed by atoms with Gasteiger partial charge in [0.25, 0.3) is 0 Å². The average molecular weight is 508 g/mol. The zero-order valence-corrected chi connectivity index (χ0v) is 21.3. The average Bonchev–Trinajstić information content (AvgIpc) is 2.77. The molecule has 4 rings (SSSR count). The monoisotopic (exact) mass is 506 g/mol. The minimum atomic E-state index is -0.485. The smallest absolute Gasteiger partial charge is 0.338 e. The van der Waals surface area contributed by atoms with Crippen LogP contribution in [0.5, 0.6) is 5.75 Å². The maximum atomic E-state index is 12.7. The van der Waals surface area contributed by atoms with Crippen LogP contribution in [-0.4, -0.2) is 52.2 Å². The van der Waals surface area contributed by atoms with Gasteiger partial charge in [-0.25, -0.2) is 4.79 Å². The first-order chi connectivity index (χ1) is 15.2. The number of carbonyl (C=O) groups excluding carboxylic acids is 1. The minimum absolute atomic E-state index is 0. The van der Waals surface area contributed by atoms with Crippen LogP contribution in [0, 0.1) is 0 Å². The van der Waals surface area contributed by atoms with Crippen molar-refractivity contribution in [2.24, 2.45) is 0 Å². The Morgan fingerprint density at radius 1 is 1.03 bits per heavy atom. The summed E-state index contributed by atoms with van der Waals surface area (Å²) in [7, 11) is 9.33. The second kappa shape index (κ2) is 9.82. The Kier molecular flexibility index (Phi) is 7.49. The van der Waals surface area contributed by atoms with Crippen LogP contribution in [0.15, 0.2) is 59.9 Å². The number of likely N-dealkylation sites (N-methyl/N-ethyl adjacent to an activating group) is 1. The lowest BCUT2D eigenvalue weighted by Crippen LogP contribution is -2.27. The van der Waals surface area contributed by atoms with E-state index in [1.165, 1.54) is 7.11 Å². The van der Waals surface area contributed by atoms with E-state index >= 15 is 0 Å².